The minimum atomic E-state index is -0.680. The summed E-state index contributed by atoms with van der Waals surface area (Å²) < 4.78 is 0. The first kappa shape index (κ1) is 18.3. The minimum Gasteiger partial charge on any atom is -0.285 e. The number of hydrogen-bond acceptors (Lipinski definition) is 4. The third-order valence-corrected chi connectivity index (χ3v) is 7.11. The molecule has 6 atom stereocenters. The average Bonchev–Trinajstić information content (AvgIpc) is 2.99. The number of carbonyl (C=O) groups is 4. The highest BCUT2D eigenvalue weighted by atomic mass is 16.2. The molecule has 2 aliphatic heterocycles. The number of hydrogen-bond donors (Lipinski definition) is 0. The molecule has 0 radical (unpaired) electrons. The number of nitrogens with zero attached hydrogens (tertiary/aromatic N) is 2. The number of carbonyl (C=O) groups excluding carboxylic acids is 4. The van der Waals surface area contributed by atoms with Gasteiger partial charge in [0.15, 0.2) is 0 Å². The first-order valence-electron chi connectivity index (χ1n) is 10.3. The Kier molecular flexibility index (Phi) is 4.02. The van der Waals surface area contributed by atoms with E-state index in [-0.39, 0.29) is 23.6 Å². The summed E-state index contributed by atoms with van der Waals surface area (Å²) >= 11 is 0. The topological polar surface area (TPSA) is 74.8 Å². The highest BCUT2D eigenvalue weighted by Gasteiger charge is 2.73. The number of rotatable bonds is 3. The third-order valence-electron chi connectivity index (χ3n) is 7.11. The molecule has 1 saturated carbocycles. The van der Waals surface area contributed by atoms with Crippen molar-refractivity contribution in [1.29, 1.82) is 0 Å². The highest BCUT2D eigenvalue weighted by molar-refractivity contribution is 6.18. The van der Waals surface area contributed by atoms with Crippen LogP contribution in [0.4, 0.5) is 0 Å². The van der Waals surface area contributed by atoms with Crippen molar-refractivity contribution in [2.24, 2.45) is 35.5 Å². The van der Waals surface area contributed by atoms with Crippen molar-refractivity contribution in [3.63, 3.8) is 0 Å². The Morgan fingerprint density at radius 3 is 1.97 bits per heavy atom. The Morgan fingerprint density at radius 2 is 1.45 bits per heavy atom. The maximum atomic E-state index is 12.9. The Bertz CT molecular complexity index is 916. The van der Waals surface area contributed by atoms with Crippen LogP contribution in [0.15, 0.2) is 47.7 Å². The lowest BCUT2D eigenvalue weighted by Crippen LogP contribution is -2.50. The summed E-state index contributed by atoms with van der Waals surface area (Å²) in [5, 5.41) is 0. The molecule has 4 amide bonds. The van der Waals surface area contributed by atoms with Crippen molar-refractivity contribution in [2.75, 3.05) is 7.05 Å². The van der Waals surface area contributed by atoms with Crippen molar-refractivity contribution in [3.8, 4) is 0 Å². The van der Waals surface area contributed by atoms with Crippen molar-refractivity contribution >= 4 is 23.6 Å². The number of likely N-dealkylation sites (tertiary alicyclic amines) is 2. The second kappa shape index (κ2) is 6.37. The van der Waals surface area contributed by atoms with E-state index in [0.717, 1.165) is 24.2 Å². The zero-order valence-corrected chi connectivity index (χ0v) is 16.6. The van der Waals surface area contributed by atoms with E-state index in [0.29, 0.717) is 17.5 Å². The summed E-state index contributed by atoms with van der Waals surface area (Å²) in [5.41, 5.74) is 1.91. The molecule has 0 aromatic heterocycles. The molecule has 0 N–H and O–H groups in total. The van der Waals surface area contributed by atoms with E-state index in [1.807, 2.05) is 12.2 Å². The Labute approximate surface area is 169 Å². The molecular formula is C23H24N2O4. The molecule has 5 rings (SSSR count). The molecule has 0 spiro atoms. The molecule has 3 aliphatic carbocycles. The van der Waals surface area contributed by atoms with E-state index in [4.69, 9.17) is 0 Å². The van der Waals surface area contributed by atoms with E-state index < -0.39 is 23.7 Å². The SMILES string of the molecule is CC1C=CC(CC2C=CC(N3C(=O)C4C5C(=O)N(C)C(=O)C5C4C3=O)=CC2)=CC1. The fraction of sp³-hybridized carbons (Fsp3) is 0.478. The summed E-state index contributed by atoms with van der Waals surface area (Å²) in [5.74, 6) is -3.09. The molecule has 29 heavy (non-hydrogen) atoms. The van der Waals surface area contributed by atoms with Crippen molar-refractivity contribution in [2.45, 2.75) is 26.2 Å². The first-order valence-corrected chi connectivity index (χ1v) is 10.3. The van der Waals surface area contributed by atoms with Gasteiger partial charge in [-0.3, -0.25) is 29.0 Å². The molecule has 6 heteroatoms. The molecule has 2 heterocycles. The van der Waals surface area contributed by atoms with E-state index in [2.05, 4.69) is 31.2 Å². The highest BCUT2D eigenvalue weighted by Crippen LogP contribution is 2.56. The Hall–Kier alpha value is -2.76. The van der Waals surface area contributed by atoms with Gasteiger partial charge in [0, 0.05) is 12.7 Å². The normalized spacial score (nSPS) is 38.1. The van der Waals surface area contributed by atoms with Gasteiger partial charge in [0.25, 0.3) is 0 Å². The van der Waals surface area contributed by atoms with Gasteiger partial charge in [-0.1, -0.05) is 42.9 Å². The van der Waals surface area contributed by atoms with E-state index in [1.54, 1.807) is 0 Å². The van der Waals surface area contributed by atoms with Crippen LogP contribution in [0.5, 0.6) is 0 Å². The maximum Gasteiger partial charge on any atom is 0.238 e. The van der Waals surface area contributed by atoms with Gasteiger partial charge < -0.3 is 0 Å². The quantitative estimate of drug-likeness (QED) is 0.690. The maximum absolute atomic E-state index is 12.9. The molecular weight excluding hydrogens is 368 g/mol. The summed E-state index contributed by atoms with van der Waals surface area (Å²) in [6.45, 7) is 2.20. The van der Waals surface area contributed by atoms with Crippen LogP contribution in [0.1, 0.15) is 26.2 Å². The van der Waals surface area contributed by atoms with Gasteiger partial charge >= 0.3 is 0 Å². The molecule has 2 saturated heterocycles. The lowest BCUT2D eigenvalue weighted by atomic mass is 9.59. The zero-order chi connectivity index (χ0) is 20.4. The average molecular weight is 392 g/mol. The van der Waals surface area contributed by atoms with E-state index >= 15 is 0 Å². The van der Waals surface area contributed by atoms with E-state index in [1.165, 1.54) is 17.5 Å². The summed E-state index contributed by atoms with van der Waals surface area (Å²) in [6.07, 6.45) is 15.3. The molecule has 150 valence electrons. The van der Waals surface area contributed by atoms with Crippen molar-refractivity contribution in [3.05, 3.63) is 47.7 Å². The fourth-order valence-electron chi connectivity index (χ4n) is 5.39. The first-order chi connectivity index (χ1) is 13.9. The monoisotopic (exact) mass is 392 g/mol. The Morgan fingerprint density at radius 1 is 0.828 bits per heavy atom. The lowest BCUT2D eigenvalue weighted by Gasteiger charge is -2.36. The number of allylic oxidation sites excluding steroid dienone is 7. The summed E-state index contributed by atoms with van der Waals surface area (Å²) in [6, 6.07) is 0. The van der Waals surface area contributed by atoms with E-state index in [9.17, 15) is 19.2 Å². The predicted molar refractivity (Wildman–Crippen MR) is 105 cm³/mol. The van der Waals surface area contributed by atoms with Crippen molar-refractivity contribution < 1.29 is 19.2 Å². The smallest absolute Gasteiger partial charge is 0.238 e. The van der Waals surface area contributed by atoms with Crippen molar-refractivity contribution in [1.82, 2.24) is 9.80 Å². The van der Waals surface area contributed by atoms with Crippen LogP contribution in [0.2, 0.25) is 0 Å². The molecule has 6 nitrogen and oxygen atoms in total. The van der Waals surface area contributed by atoms with Gasteiger partial charge in [0.2, 0.25) is 23.6 Å². The number of amides is 4. The number of imide groups is 2. The molecule has 0 aromatic rings. The molecule has 5 aliphatic rings. The van der Waals surface area contributed by atoms with Gasteiger partial charge in [0.05, 0.1) is 23.7 Å². The predicted octanol–water partition coefficient (Wildman–Crippen LogP) is 2.20. The lowest BCUT2D eigenvalue weighted by molar-refractivity contribution is -0.146. The van der Waals surface area contributed by atoms with Gasteiger partial charge in [0.1, 0.15) is 0 Å². The Balaban J connectivity index is 1.29. The van der Waals surface area contributed by atoms with Crippen LogP contribution >= 0.6 is 0 Å². The molecule has 3 fully saturated rings. The van der Waals surface area contributed by atoms with Crippen LogP contribution in [0.3, 0.4) is 0 Å². The molecule has 0 bridgehead atoms. The van der Waals surface area contributed by atoms with Gasteiger partial charge in [-0.05, 0) is 37.2 Å². The second-order valence-corrected chi connectivity index (χ2v) is 8.89. The van der Waals surface area contributed by atoms with Crippen LogP contribution in [-0.4, -0.2) is 40.5 Å². The largest absolute Gasteiger partial charge is 0.285 e. The van der Waals surface area contributed by atoms with Crippen LogP contribution in [0.25, 0.3) is 0 Å². The standard InChI is InChI=1S/C23H24N2O4/c1-12-3-5-13(6-4-12)11-14-7-9-15(10-8-14)25-22(28)18-16-17(19(18)23(25)29)21(27)24(2)20(16)26/h3,5-7,9-10,12,14,16-19H,4,8,11H2,1-2H3. The zero-order valence-electron chi connectivity index (χ0n) is 16.6. The van der Waals surface area contributed by atoms with Gasteiger partial charge in [-0.15, -0.1) is 0 Å². The van der Waals surface area contributed by atoms with Gasteiger partial charge in [-0.25, -0.2) is 0 Å². The number of fused-ring (bicyclic) bond motifs is 4. The van der Waals surface area contributed by atoms with Gasteiger partial charge in [-0.2, -0.15) is 0 Å². The third kappa shape index (κ3) is 2.54. The van der Waals surface area contributed by atoms with Crippen LogP contribution < -0.4 is 0 Å². The molecule has 6 unspecified atom stereocenters. The second-order valence-electron chi connectivity index (χ2n) is 8.89. The minimum absolute atomic E-state index is 0.333. The summed E-state index contributed by atoms with van der Waals surface area (Å²) in [4.78, 5) is 52.7. The molecule has 0 aromatic carbocycles. The fourth-order valence-corrected chi connectivity index (χ4v) is 5.39. The van der Waals surface area contributed by atoms with Crippen LogP contribution in [-0.2, 0) is 19.2 Å². The summed E-state index contributed by atoms with van der Waals surface area (Å²) in [7, 11) is 1.43. The van der Waals surface area contributed by atoms with Crippen LogP contribution in [0, 0.1) is 35.5 Å².